The van der Waals surface area contributed by atoms with Crippen LogP contribution < -0.4 is 0 Å². The topological polar surface area (TPSA) is 0 Å². The SMILES string of the molecule is Fc1cccc(CCCc2ccc(Cl)cc2)c1. The third-order valence-electron chi connectivity index (χ3n) is 2.73. The van der Waals surface area contributed by atoms with Gasteiger partial charge in [0.1, 0.15) is 5.82 Å². The first kappa shape index (κ1) is 12.1. The van der Waals surface area contributed by atoms with Crippen LogP contribution in [0.5, 0.6) is 0 Å². The van der Waals surface area contributed by atoms with Crippen molar-refractivity contribution < 1.29 is 4.39 Å². The van der Waals surface area contributed by atoms with E-state index in [0.29, 0.717) is 0 Å². The monoisotopic (exact) mass is 248 g/mol. The van der Waals surface area contributed by atoms with Crippen molar-refractivity contribution in [3.8, 4) is 0 Å². The largest absolute Gasteiger partial charge is 0.207 e. The molecule has 0 fully saturated rings. The minimum absolute atomic E-state index is 0.158. The zero-order valence-corrected chi connectivity index (χ0v) is 10.3. The van der Waals surface area contributed by atoms with Gasteiger partial charge in [-0.1, -0.05) is 35.9 Å². The molecule has 88 valence electrons. The molecule has 0 N–H and O–H groups in total. The normalized spacial score (nSPS) is 10.5. The summed E-state index contributed by atoms with van der Waals surface area (Å²) in [6, 6.07) is 14.7. The second kappa shape index (κ2) is 5.83. The molecular weight excluding hydrogens is 235 g/mol. The van der Waals surface area contributed by atoms with Crippen LogP contribution in [-0.2, 0) is 12.8 Å². The molecule has 2 aromatic rings. The number of rotatable bonds is 4. The molecule has 0 aliphatic heterocycles. The van der Waals surface area contributed by atoms with Crippen molar-refractivity contribution in [1.29, 1.82) is 0 Å². The summed E-state index contributed by atoms with van der Waals surface area (Å²) in [5.74, 6) is -0.158. The Morgan fingerprint density at radius 1 is 0.882 bits per heavy atom. The third-order valence-corrected chi connectivity index (χ3v) is 2.99. The highest BCUT2D eigenvalue weighted by molar-refractivity contribution is 6.30. The highest BCUT2D eigenvalue weighted by Gasteiger charge is 1.97. The number of aryl methyl sites for hydroxylation is 2. The van der Waals surface area contributed by atoms with E-state index < -0.39 is 0 Å². The zero-order chi connectivity index (χ0) is 12.1. The van der Waals surface area contributed by atoms with E-state index in [-0.39, 0.29) is 5.82 Å². The fraction of sp³-hybridized carbons (Fsp3) is 0.200. The first-order valence-electron chi connectivity index (χ1n) is 5.73. The number of hydrogen-bond donors (Lipinski definition) is 0. The summed E-state index contributed by atoms with van der Waals surface area (Å²) in [6.07, 6.45) is 2.92. The van der Waals surface area contributed by atoms with Crippen molar-refractivity contribution in [2.75, 3.05) is 0 Å². The van der Waals surface area contributed by atoms with E-state index in [1.807, 2.05) is 30.3 Å². The lowest BCUT2D eigenvalue weighted by Gasteiger charge is -2.03. The Morgan fingerprint density at radius 2 is 1.59 bits per heavy atom. The fourth-order valence-electron chi connectivity index (χ4n) is 1.84. The summed E-state index contributed by atoms with van der Waals surface area (Å²) in [4.78, 5) is 0. The van der Waals surface area contributed by atoms with Gasteiger partial charge < -0.3 is 0 Å². The fourth-order valence-corrected chi connectivity index (χ4v) is 1.97. The average molecular weight is 249 g/mol. The molecule has 0 aromatic heterocycles. The Kier molecular flexibility index (Phi) is 4.16. The molecular formula is C15H14ClF. The number of halogens is 2. The summed E-state index contributed by atoms with van der Waals surface area (Å²) in [6.45, 7) is 0. The molecule has 0 aliphatic rings. The van der Waals surface area contributed by atoms with E-state index >= 15 is 0 Å². The molecule has 0 aliphatic carbocycles. The van der Waals surface area contributed by atoms with Crippen molar-refractivity contribution in [2.45, 2.75) is 19.3 Å². The summed E-state index contributed by atoms with van der Waals surface area (Å²) < 4.78 is 12.9. The zero-order valence-electron chi connectivity index (χ0n) is 9.50. The molecule has 0 saturated heterocycles. The van der Waals surface area contributed by atoms with Crippen molar-refractivity contribution in [3.63, 3.8) is 0 Å². The number of hydrogen-bond acceptors (Lipinski definition) is 0. The van der Waals surface area contributed by atoms with E-state index in [0.717, 1.165) is 29.8 Å². The van der Waals surface area contributed by atoms with Gasteiger partial charge in [0.05, 0.1) is 0 Å². The predicted molar refractivity (Wildman–Crippen MR) is 69.9 cm³/mol. The minimum Gasteiger partial charge on any atom is -0.207 e. The van der Waals surface area contributed by atoms with Crippen LogP contribution in [0.25, 0.3) is 0 Å². The second-order valence-electron chi connectivity index (χ2n) is 4.11. The van der Waals surface area contributed by atoms with E-state index in [1.165, 1.54) is 11.6 Å². The smallest absolute Gasteiger partial charge is 0.123 e. The van der Waals surface area contributed by atoms with Gasteiger partial charge in [-0.25, -0.2) is 4.39 Å². The number of benzene rings is 2. The molecule has 0 spiro atoms. The Morgan fingerprint density at radius 3 is 2.29 bits per heavy atom. The van der Waals surface area contributed by atoms with Gasteiger partial charge in [-0.2, -0.15) is 0 Å². The molecule has 0 amide bonds. The van der Waals surface area contributed by atoms with Crippen LogP contribution in [-0.4, -0.2) is 0 Å². The van der Waals surface area contributed by atoms with Gasteiger partial charge in [0.25, 0.3) is 0 Å². The Bertz CT molecular complexity index is 477. The van der Waals surface area contributed by atoms with Gasteiger partial charge in [-0.3, -0.25) is 0 Å². The lowest BCUT2D eigenvalue weighted by Crippen LogP contribution is -1.90. The van der Waals surface area contributed by atoms with E-state index in [4.69, 9.17) is 11.6 Å². The molecule has 0 radical (unpaired) electrons. The summed E-state index contributed by atoms with van der Waals surface area (Å²) in [7, 11) is 0. The molecule has 17 heavy (non-hydrogen) atoms. The second-order valence-corrected chi connectivity index (χ2v) is 4.55. The average Bonchev–Trinajstić information content (AvgIpc) is 2.32. The first-order chi connectivity index (χ1) is 8.24. The molecule has 2 aromatic carbocycles. The maximum absolute atomic E-state index is 12.9. The maximum atomic E-state index is 12.9. The van der Waals surface area contributed by atoms with Gasteiger partial charge in [-0.15, -0.1) is 0 Å². The highest BCUT2D eigenvalue weighted by atomic mass is 35.5. The minimum atomic E-state index is -0.158. The van der Waals surface area contributed by atoms with E-state index in [9.17, 15) is 4.39 Å². The van der Waals surface area contributed by atoms with E-state index in [2.05, 4.69) is 0 Å². The Labute approximate surface area is 106 Å². The predicted octanol–water partition coefficient (Wildman–Crippen LogP) is 4.65. The summed E-state index contributed by atoms with van der Waals surface area (Å²) in [5.41, 5.74) is 2.32. The van der Waals surface area contributed by atoms with Crippen LogP contribution in [0.15, 0.2) is 48.5 Å². The molecule has 2 rings (SSSR count). The van der Waals surface area contributed by atoms with Crippen molar-refractivity contribution in [1.82, 2.24) is 0 Å². The van der Waals surface area contributed by atoms with Crippen LogP contribution in [0, 0.1) is 5.82 Å². The van der Waals surface area contributed by atoms with E-state index in [1.54, 1.807) is 12.1 Å². The molecule has 0 unspecified atom stereocenters. The van der Waals surface area contributed by atoms with Crippen molar-refractivity contribution >= 4 is 11.6 Å². The lowest BCUT2D eigenvalue weighted by atomic mass is 10.0. The molecule has 0 bridgehead atoms. The van der Waals surface area contributed by atoms with Gasteiger partial charge >= 0.3 is 0 Å². The van der Waals surface area contributed by atoms with Crippen LogP contribution in [0.4, 0.5) is 4.39 Å². The standard InChI is InChI=1S/C15H14ClF/c16-14-9-7-12(8-10-14)3-1-4-13-5-2-6-15(17)11-13/h2,5-11H,1,3-4H2. The lowest BCUT2D eigenvalue weighted by molar-refractivity contribution is 0.624. The molecule has 0 atom stereocenters. The Hall–Kier alpha value is -1.34. The summed E-state index contributed by atoms with van der Waals surface area (Å²) in [5, 5.41) is 0.763. The van der Waals surface area contributed by atoms with Gasteiger partial charge in [0.15, 0.2) is 0 Å². The van der Waals surface area contributed by atoms with Gasteiger partial charge in [-0.05, 0) is 54.7 Å². The first-order valence-corrected chi connectivity index (χ1v) is 6.11. The third kappa shape index (κ3) is 3.86. The molecule has 0 saturated carbocycles. The van der Waals surface area contributed by atoms with Gasteiger partial charge in [0.2, 0.25) is 0 Å². The van der Waals surface area contributed by atoms with Crippen molar-refractivity contribution in [3.05, 3.63) is 70.5 Å². The van der Waals surface area contributed by atoms with Crippen LogP contribution in [0.3, 0.4) is 0 Å². The molecule has 2 heteroatoms. The highest BCUT2D eigenvalue weighted by Crippen LogP contribution is 2.13. The maximum Gasteiger partial charge on any atom is 0.123 e. The van der Waals surface area contributed by atoms with Crippen LogP contribution in [0.1, 0.15) is 17.5 Å². The van der Waals surface area contributed by atoms with Crippen molar-refractivity contribution in [2.24, 2.45) is 0 Å². The Balaban J connectivity index is 1.85. The molecule has 0 heterocycles. The quantitative estimate of drug-likeness (QED) is 0.739. The van der Waals surface area contributed by atoms with Gasteiger partial charge in [0, 0.05) is 5.02 Å². The van der Waals surface area contributed by atoms with Crippen LogP contribution >= 0.6 is 11.6 Å². The molecule has 0 nitrogen and oxygen atoms in total. The summed E-state index contributed by atoms with van der Waals surface area (Å²) >= 11 is 5.82. The van der Waals surface area contributed by atoms with Crippen LogP contribution in [0.2, 0.25) is 5.02 Å².